The maximum absolute atomic E-state index is 13.0. The Hall–Kier alpha value is -2.41. The van der Waals surface area contributed by atoms with Crippen molar-refractivity contribution in [3.05, 3.63) is 41.2 Å². The van der Waals surface area contributed by atoms with E-state index in [0.717, 1.165) is 29.1 Å². The van der Waals surface area contributed by atoms with E-state index in [4.69, 9.17) is 19.3 Å². The van der Waals surface area contributed by atoms with E-state index in [1.54, 1.807) is 32.0 Å². The molecule has 6 nitrogen and oxygen atoms in total. The van der Waals surface area contributed by atoms with Gasteiger partial charge in [-0.3, -0.25) is 9.59 Å². The number of Topliss-reactive ketones (excluding diaryl/α,β-unsaturated/α-hetero) is 1. The van der Waals surface area contributed by atoms with Crippen LogP contribution in [0.1, 0.15) is 42.5 Å². The zero-order chi connectivity index (χ0) is 20.1. The van der Waals surface area contributed by atoms with E-state index < -0.39 is 5.97 Å². The van der Waals surface area contributed by atoms with E-state index >= 15 is 0 Å². The third kappa shape index (κ3) is 4.52. The van der Waals surface area contributed by atoms with Crippen LogP contribution in [-0.2, 0) is 9.53 Å². The summed E-state index contributed by atoms with van der Waals surface area (Å²) >= 11 is 1.64. The lowest BCUT2D eigenvalue weighted by Crippen LogP contribution is -2.24. The molecule has 2 aliphatic rings. The SMILES string of the molecule is COC1=CC=C2C(=O)c3cc(OCCCCCC(=O)O)c(OC)cc3SC2C1. The topological polar surface area (TPSA) is 82.1 Å². The number of ether oxygens (including phenoxy) is 3. The molecule has 1 aliphatic heterocycles. The molecule has 1 atom stereocenters. The van der Waals surface area contributed by atoms with Gasteiger partial charge in [-0.2, -0.15) is 0 Å². The molecule has 28 heavy (non-hydrogen) atoms. The highest BCUT2D eigenvalue weighted by atomic mass is 32.2. The first-order valence-electron chi connectivity index (χ1n) is 9.26. The van der Waals surface area contributed by atoms with Crippen LogP contribution in [0.4, 0.5) is 0 Å². The lowest BCUT2D eigenvalue weighted by Gasteiger charge is -2.29. The van der Waals surface area contributed by atoms with Gasteiger partial charge in [0.05, 0.1) is 26.6 Å². The van der Waals surface area contributed by atoms with E-state index in [2.05, 4.69) is 0 Å². The highest BCUT2D eigenvalue weighted by molar-refractivity contribution is 8.00. The summed E-state index contributed by atoms with van der Waals surface area (Å²) in [5.41, 5.74) is 1.41. The van der Waals surface area contributed by atoms with Crippen molar-refractivity contribution in [2.24, 2.45) is 0 Å². The Morgan fingerprint density at radius 3 is 2.68 bits per heavy atom. The smallest absolute Gasteiger partial charge is 0.303 e. The van der Waals surface area contributed by atoms with Crippen molar-refractivity contribution in [3.63, 3.8) is 0 Å². The summed E-state index contributed by atoms with van der Waals surface area (Å²) in [6.45, 7) is 0.446. The summed E-state index contributed by atoms with van der Waals surface area (Å²) < 4.78 is 16.6. The third-order valence-corrected chi connectivity index (χ3v) is 6.08. The molecule has 150 valence electrons. The second-order valence-corrected chi connectivity index (χ2v) is 7.90. The molecule has 0 aromatic heterocycles. The number of hydrogen-bond acceptors (Lipinski definition) is 6. The number of carboxylic acids is 1. The first kappa shape index (κ1) is 20.3. The Labute approximate surface area is 168 Å². The Kier molecular flexibility index (Phi) is 6.67. The van der Waals surface area contributed by atoms with Crippen molar-refractivity contribution in [1.29, 1.82) is 0 Å². The van der Waals surface area contributed by atoms with Crippen LogP contribution in [0.15, 0.2) is 40.5 Å². The van der Waals surface area contributed by atoms with Crippen LogP contribution < -0.4 is 9.47 Å². The average Bonchev–Trinajstić information content (AvgIpc) is 2.69. The Balaban J connectivity index is 1.72. The number of carboxylic acid groups (broad SMARTS) is 1. The largest absolute Gasteiger partial charge is 0.501 e. The second-order valence-electron chi connectivity index (χ2n) is 6.65. The monoisotopic (exact) mass is 404 g/mol. The minimum absolute atomic E-state index is 0.0131. The molecular formula is C21H24O6S. The van der Waals surface area contributed by atoms with E-state index in [1.807, 2.05) is 18.2 Å². The molecular weight excluding hydrogens is 380 g/mol. The number of unbranched alkanes of at least 4 members (excludes halogenated alkanes) is 2. The van der Waals surface area contributed by atoms with Gasteiger partial charge in [-0.05, 0) is 37.5 Å². The molecule has 0 spiro atoms. The molecule has 0 saturated carbocycles. The first-order chi connectivity index (χ1) is 13.5. The van der Waals surface area contributed by atoms with Crippen LogP contribution in [0.2, 0.25) is 0 Å². The zero-order valence-electron chi connectivity index (χ0n) is 16.0. The quantitative estimate of drug-likeness (QED) is 0.617. The van der Waals surface area contributed by atoms with Gasteiger partial charge in [0.2, 0.25) is 0 Å². The minimum atomic E-state index is -0.781. The molecule has 1 heterocycles. The zero-order valence-corrected chi connectivity index (χ0v) is 16.8. The molecule has 0 fully saturated rings. The van der Waals surface area contributed by atoms with Crippen LogP contribution in [0.25, 0.3) is 0 Å². The van der Waals surface area contributed by atoms with Crippen LogP contribution in [0.3, 0.4) is 0 Å². The minimum Gasteiger partial charge on any atom is -0.501 e. The summed E-state index contributed by atoms with van der Waals surface area (Å²) in [6, 6.07) is 3.62. The Morgan fingerprint density at radius 2 is 1.96 bits per heavy atom. The Bertz CT molecular complexity index is 826. The average molecular weight is 404 g/mol. The molecule has 0 amide bonds. The predicted molar refractivity (Wildman–Crippen MR) is 106 cm³/mol. The van der Waals surface area contributed by atoms with Crippen molar-refractivity contribution in [1.82, 2.24) is 0 Å². The molecule has 7 heteroatoms. The van der Waals surface area contributed by atoms with Crippen molar-refractivity contribution >= 4 is 23.5 Å². The van der Waals surface area contributed by atoms with E-state index in [-0.39, 0.29) is 17.5 Å². The molecule has 1 aliphatic carbocycles. The fourth-order valence-corrected chi connectivity index (χ4v) is 4.58. The molecule has 1 aromatic rings. The van der Waals surface area contributed by atoms with Crippen LogP contribution in [0, 0.1) is 0 Å². The highest BCUT2D eigenvalue weighted by Crippen LogP contribution is 2.46. The highest BCUT2D eigenvalue weighted by Gasteiger charge is 2.34. The number of aliphatic carboxylic acids is 1. The summed E-state index contributed by atoms with van der Waals surface area (Å²) in [4.78, 5) is 24.4. The van der Waals surface area contributed by atoms with Gasteiger partial charge in [-0.15, -0.1) is 11.8 Å². The van der Waals surface area contributed by atoms with Gasteiger partial charge >= 0.3 is 5.97 Å². The lowest BCUT2D eigenvalue weighted by atomic mass is 9.94. The van der Waals surface area contributed by atoms with Crippen molar-refractivity contribution < 1.29 is 28.9 Å². The standard InChI is InChI=1S/C21H24O6S/c1-25-13-7-8-14-18(10-13)28-19-12-16(26-2)17(11-15(19)21(14)24)27-9-5-3-4-6-20(22)23/h7-8,11-12,18H,3-6,9-10H2,1-2H3,(H,22,23). The van der Waals surface area contributed by atoms with E-state index in [0.29, 0.717) is 36.5 Å². The molecule has 1 unspecified atom stereocenters. The Morgan fingerprint density at radius 1 is 1.14 bits per heavy atom. The van der Waals surface area contributed by atoms with Crippen molar-refractivity contribution in [2.45, 2.75) is 42.2 Å². The predicted octanol–water partition coefficient (Wildman–Crippen LogP) is 4.24. The van der Waals surface area contributed by atoms with Gasteiger partial charge in [0, 0.05) is 34.1 Å². The van der Waals surface area contributed by atoms with Gasteiger partial charge in [0.1, 0.15) is 0 Å². The van der Waals surface area contributed by atoms with Crippen LogP contribution in [0.5, 0.6) is 11.5 Å². The normalized spacial score (nSPS) is 17.8. The van der Waals surface area contributed by atoms with Gasteiger partial charge in [-0.25, -0.2) is 0 Å². The number of methoxy groups -OCH3 is 2. The summed E-state index contributed by atoms with van der Waals surface area (Å²) in [6.07, 6.45) is 6.71. The number of hydrogen-bond donors (Lipinski definition) is 1. The number of rotatable bonds is 9. The van der Waals surface area contributed by atoms with Gasteiger partial charge in [-0.1, -0.05) is 6.08 Å². The number of benzene rings is 1. The summed E-state index contributed by atoms with van der Waals surface area (Å²) in [7, 11) is 3.22. The molecule has 3 rings (SSSR count). The molecule has 0 radical (unpaired) electrons. The number of fused-ring (bicyclic) bond motifs is 2. The van der Waals surface area contributed by atoms with Gasteiger partial charge in [0.15, 0.2) is 17.3 Å². The van der Waals surface area contributed by atoms with E-state index in [9.17, 15) is 9.59 Å². The second kappa shape index (κ2) is 9.19. The molecule has 1 N–H and O–H groups in total. The fourth-order valence-electron chi connectivity index (χ4n) is 3.26. The first-order valence-corrected chi connectivity index (χ1v) is 10.1. The maximum atomic E-state index is 13.0. The van der Waals surface area contributed by atoms with Crippen LogP contribution >= 0.6 is 11.8 Å². The maximum Gasteiger partial charge on any atom is 0.303 e. The van der Waals surface area contributed by atoms with Crippen LogP contribution in [-0.4, -0.2) is 42.9 Å². The van der Waals surface area contributed by atoms with Gasteiger partial charge < -0.3 is 19.3 Å². The third-order valence-electron chi connectivity index (χ3n) is 4.78. The van der Waals surface area contributed by atoms with Crippen molar-refractivity contribution in [2.75, 3.05) is 20.8 Å². The van der Waals surface area contributed by atoms with Crippen molar-refractivity contribution in [3.8, 4) is 11.5 Å². The summed E-state index contributed by atoms with van der Waals surface area (Å²) in [5, 5.41) is 8.71. The fraction of sp³-hybridized carbons (Fsp3) is 0.429. The van der Waals surface area contributed by atoms with Gasteiger partial charge in [0.25, 0.3) is 0 Å². The summed E-state index contributed by atoms with van der Waals surface area (Å²) in [5.74, 6) is 1.23. The van der Waals surface area contributed by atoms with E-state index in [1.165, 1.54) is 0 Å². The molecule has 0 bridgehead atoms. The molecule has 1 aromatic carbocycles. The molecule has 0 saturated heterocycles. The number of allylic oxidation sites excluding steroid dienone is 3. The number of ketones is 1. The number of carbonyl (C=O) groups excluding carboxylic acids is 1. The number of carbonyl (C=O) groups is 2. The number of thioether (sulfide) groups is 1. The lowest BCUT2D eigenvalue weighted by molar-refractivity contribution is -0.137.